The molecule has 0 spiro atoms. The number of nitrogens with zero attached hydrogens (tertiary/aromatic N) is 3. The van der Waals surface area contributed by atoms with Gasteiger partial charge in [-0.2, -0.15) is 5.26 Å². The van der Waals surface area contributed by atoms with E-state index in [9.17, 15) is 14.9 Å². The highest BCUT2D eigenvalue weighted by atomic mass is 16.6. The van der Waals surface area contributed by atoms with Crippen LogP contribution in [0.3, 0.4) is 0 Å². The fraction of sp³-hybridized carbons (Fsp3) is 0.394. The summed E-state index contributed by atoms with van der Waals surface area (Å²) in [5.74, 6) is -0.156. The number of ether oxygens (including phenoxy) is 1. The average molecular weight is 539 g/mol. The molecule has 40 heavy (non-hydrogen) atoms. The van der Waals surface area contributed by atoms with Crippen molar-refractivity contribution in [3.63, 3.8) is 0 Å². The molecule has 1 N–H and O–H groups in total. The molecule has 1 fully saturated rings. The molecule has 0 aliphatic carbocycles. The van der Waals surface area contributed by atoms with Crippen LogP contribution < -0.4 is 5.32 Å². The SMILES string of the molecule is C[C@@H](c1ccc(-c2ccc(C(=O)NC(C)(C)C)cn2)cc1)N1CCC(CC(C)(C)C#N)(c2ccccc2)OC1=O. The van der Waals surface area contributed by atoms with Crippen molar-refractivity contribution in [2.24, 2.45) is 5.41 Å². The van der Waals surface area contributed by atoms with Gasteiger partial charge in [-0.05, 0) is 64.8 Å². The monoisotopic (exact) mass is 538 g/mol. The number of amides is 2. The van der Waals surface area contributed by atoms with Crippen molar-refractivity contribution in [1.29, 1.82) is 5.26 Å². The summed E-state index contributed by atoms with van der Waals surface area (Å²) in [5, 5.41) is 12.6. The molecule has 2 heterocycles. The number of benzene rings is 2. The highest BCUT2D eigenvalue weighted by Crippen LogP contribution is 2.44. The van der Waals surface area contributed by atoms with E-state index in [2.05, 4.69) is 16.4 Å². The molecule has 7 nitrogen and oxygen atoms in total. The molecule has 2 aromatic carbocycles. The van der Waals surface area contributed by atoms with Crippen LogP contribution in [0.25, 0.3) is 11.3 Å². The molecule has 3 aromatic rings. The molecule has 1 aliphatic rings. The fourth-order valence-electron chi connectivity index (χ4n) is 5.17. The Kier molecular flexibility index (Phi) is 8.02. The topological polar surface area (TPSA) is 95.3 Å². The zero-order valence-electron chi connectivity index (χ0n) is 24.2. The van der Waals surface area contributed by atoms with Crippen LogP contribution in [-0.2, 0) is 10.3 Å². The third-order valence-corrected chi connectivity index (χ3v) is 7.27. The van der Waals surface area contributed by atoms with Crippen molar-refractivity contribution in [2.75, 3.05) is 6.54 Å². The summed E-state index contributed by atoms with van der Waals surface area (Å²) in [4.78, 5) is 32.0. The Balaban J connectivity index is 1.48. The van der Waals surface area contributed by atoms with Crippen molar-refractivity contribution >= 4 is 12.0 Å². The van der Waals surface area contributed by atoms with E-state index < -0.39 is 11.0 Å². The van der Waals surface area contributed by atoms with Crippen molar-refractivity contribution < 1.29 is 14.3 Å². The first-order valence-electron chi connectivity index (χ1n) is 13.7. The van der Waals surface area contributed by atoms with Crippen LogP contribution in [0.5, 0.6) is 0 Å². The predicted octanol–water partition coefficient (Wildman–Crippen LogP) is 7.02. The first kappa shape index (κ1) is 28.8. The summed E-state index contributed by atoms with van der Waals surface area (Å²) in [5.41, 5.74) is 2.26. The van der Waals surface area contributed by atoms with Gasteiger partial charge < -0.3 is 15.0 Å². The standard InChI is InChI=1S/C33H38N4O3/c1-23(24-12-14-25(15-13-24)28-17-16-26(20-35-28)29(38)36-31(2,3)4)37-19-18-33(40-30(37)39,21-32(5,6)22-34)27-10-8-7-9-11-27/h7-17,20,23H,18-19,21H2,1-6H3,(H,36,38)/t23-,33?/m0/s1. The van der Waals surface area contributed by atoms with Gasteiger partial charge in [-0.3, -0.25) is 9.78 Å². The van der Waals surface area contributed by atoms with Gasteiger partial charge in [-0.1, -0.05) is 54.6 Å². The number of carbonyl (C=O) groups excluding carboxylic acids is 2. The van der Waals surface area contributed by atoms with Crippen LogP contribution in [-0.4, -0.2) is 34.0 Å². The Bertz CT molecular complexity index is 1390. The maximum absolute atomic E-state index is 13.4. The summed E-state index contributed by atoms with van der Waals surface area (Å²) >= 11 is 0. The number of rotatable bonds is 7. The first-order valence-corrected chi connectivity index (χ1v) is 13.7. The van der Waals surface area contributed by atoms with E-state index in [1.807, 2.05) is 102 Å². The number of carbonyl (C=O) groups is 2. The number of cyclic esters (lactones) is 1. The van der Waals surface area contributed by atoms with Gasteiger partial charge >= 0.3 is 6.09 Å². The molecule has 7 heteroatoms. The van der Waals surface area contributed by atoms with E-state index in [4.69, 9.17) is 4.74 Å². The Hall–Kier alpha value is -4.18. The van der Waals surface area contributed by atoms with E-state index >= 15 is 0 Å². The molecule has 2 amide bonds. The number of nitrogens with one attached hydrogen (secondary N) is 1. The molecule has 2 atom stereocenters. The summed E-state index contributed by atoms with van der Waals surface area (Å²) in [7, 11) is 0. The van der Waals surface area contributed by atoms with Crippen LogP contribution in [0.15, 0.2) is 72.9 Å². The molecule has 0 radical (unpaired) electrons. The molecule has 4 rings (SSSR count). The van der Waals surface area contributed by atoms with Gasteiger partial charge in [-0.25, -0.2) is 4.79 Å². The summed E-state index contributed by atoms with van der Waals surface area (Å²) < 4.78 is 6.20. The highest BCUT2D eigenvalue weighted by Gasteiger charge is 2.46. The number of nitriles is 1. The maximum atomic E-state index is 13.4. The zero-order chi connectivity index (χ0) is 29.1. The normalized spacial score (nSPS) is 18.4. The lowest BCUT2D eigenvalue weighted by atomic mass is 9.75. The van der Waals surface area contributed by atoms with Crippen molar-refractivity contribution in [3.8, 4) is 17.3 Å². The lowest BCUT2D eigenvalue weighted by molar-refractivity contribution is -0.0770. The van der Waals surface area contributed by atoms with Gasteiger partial charge in [0.2, 0.25) is 0 Å². The second kappa shape index (κ2) is 11.1. The Morgan fingerprint density at radius 2 is 1.75 bits per heavy atom. The number of pyridine rings is 1. The Morgan fingerprint density at radius 3 is 2.30 bits per heavy atom. The number of hydrogen-bond donors (Lipinski definition) is 1. The third-order valence-electron chi connectivity index (χ3n) is 7.27. The van der Waals surface area contributed by atoms with Crippen LogP contribution in [0.4, 0.5) is 4.79 Å². The van der Waals surface area contributed by atoms with Crippen molar-refractivity contribution in [3.05, 3.63) is 89.6 Å². The third kappa shape index (κ3) is 6.51. The van der Waals surface area contributed by atoms with E-state index in [-0.39, 0.29) is 23.6 Å². The summed E-state index contributed by atoms with van der Waals surface area (Å²) in [6, 6.07) is 23.5. The van der Waals surface area contributed by atoms with Crippen LogP contribution in [0.2, 0.25) is 0 Å². The molecular weight excluding hydrogens is 500 g/mol. The molecule has 1 aliphatic heterocycles. The van der Waals surface area contributed by atoms with Gasteiger partial charge in [-0.15, -0.1) is 0 Å². The minimum atomic E-state index is -0.848. The van der Waals surface area contributed by atoms with Crippen LogP contribution in [0.1, 0.15) is 81.9 Å². The van der Waals surface area contributed by atoms with E-state index in [0.29, 0.717) is 24.9 Å². The second-order valence-corrected chi connectivity index (χ2v) is 12.3. The predicted molar refractivity (Wildman–Crippen MR) is 155 cm³/mol. The molecule has 1 aromatic heterocycles. The Labute approximate surface area is 237 Å². The zero-order valence-corrected chi connectivity index (χ0v) is 24.2. The molecule has 0 saturated carbocycles. The van der Waals surface area contributed by atoms with Gasteiger partial charge in [0.05, 0.1) is 28.8 Å². The molecule has 208 valence electrons. The van der Waals surface area contributed by atoms with Crippen molar-refractivity contribution in [2.45, 2.75) is 71.6 Å². The number of hydrogen-bond acceptors (Lipinski definition) is 5. The van der Waals surface area contributed by atoms with Gasteiger partial charge in [0.25, 0.3) is 5.91 Å². The van der Waals surface area contributed by atoms with Crippen molar-refractivity contribution in [1.82, 2.24) is 15.2 Å². The second-order valence-electron chi connectivity index (χ2n) is 12.3. The highest BCUT2D eigenvalue weighted by molar-refractivity contribution is 5.94. The average Bonchev–Trinajstić information content (AvgIpc) is 2.92. The Morgan fingerprint density at radius 1 is 1.07 bits per heavy atom. The first-order chi connectivity index (χ1) is 18.8. The van der Waals surface area contributed by atoms with Gasteiger partial charge in [0.1, 0.15) is 5.60 Å². The smallest absolute Gasteiger partial charge is 0.411 e. The van der Waals surface area contributed by atoms with Crippen LogP contribution >= 0.6 is 0 Å². The molecular formula is C33H38N4O3. The maximum Gasteiger partial charge on any atom is 0.411 e. The largest absolute Gasteiger partial charge is 0.438 e. The fourth-order valence-corrected chi connectivity index (χ4v) is 5.17. The lowest BCUT2D eigenvalue weighted by Gasteiger charge is -2.45. The molecule has 1 saturated heterocycles. The minimum Gasteiger partial charge on any atom is -0.438 e. The van der Waals surface area contributed by atoms with Crippen LogP contribution in [0, 0.1) is 16.7 Å². The molecule has 0 bridgehead atoms. The minimum absolute atomic E-state index is 0.156. The van der Waals surface area contributed by atoms with Gasteiger partial charge in [0.15, 0.2) is 0 Å². The van der Waals surface area contributed by atoms with E-state index in [1.54, 1.807) is 17.2 Å². The van der Waals surface area contributed by atoms with E-state index in [0.717, 1.165) is 22.4 Å². The summed E-state index contributed by atoms with van der Waals surface area (Å²) in [6.45, 7) is 12.1. The summed E-state index contributed by atoms with van der Waals surface area (Å²) in [6.07, 6.45) is 2.22. The lowest BCUT2D eigenvalue weighted by Crippen LogP contribution is -2.50. The molecule has 1 unspecified atom stereocenters. The number of aromatic nitrogens is 1. The van der Waals surface area contributed by atoms with E-state index in [1.165, 1.54) is 0 Å². The van der Waals surface area contributed by atoms with Gasteiger partial charge in [0, 0.05) is 36.7 Å². The quantitative estimate of drug-likeness (QED) is 0.349.